The van der Waals surface area contributed by atoms with Crippen molar-refractivity contribution in [2.45, 2.75) is 0 Å². The number of para-hydroxylation sites is 1. The molecule has 244 valence electrons. The molecule has 0 aliphatic carbocycles. The third-order valence-electron chi connectivity index (χ3n) is 9.37. The van der Waals surface area contributed by atoms with Crippen molar-refractivity contribution in [2.75, 3.05) is 0 Å². The SMILES string of the molecule is N#Cc1ccc(-c2ccc3c(c2)c2ccccc2n3-c2cc(-c3nc(-c4ccccc4)nc(-c4ccccc4)n3)ccc2-c2ccc(F)cc2)cc1. The van der Waals surface area contributed by atoms with Crippen molar-refractivity contribution in [3.63, 3.8) is 0 Å². The van der Waals surface area contributed by atoms with E-state index in [1.807, 2.05) is 109 Å². The average molecular weight is 670 g/mol. The van der Waals surface area contributed by atoms with Crippen LogP contribution >= 0.6 is 0 Å². The predicted molar refractivity (Wildman–Crippen MR) is 206 cm³/mol. The van der Waals surface area contributed by atoms with E-state index in [0.717, 1.165) is 66.4 Å². The Balaban J connectivity index is 1.29. The Morgan fingerprint density at radius 1 is 0.442 bits per heavy atom. The smallest absolute Gasteiger partial charge is 0.164 e. The Hall–Kier alpha value is -7.23. The summed E-state index contributed by atoms with van der Waals surface area (Å²) in [5.41, 5.74) is 10.1. The number of hydrogen-bond acceptors (Lipinski definition) is 4. The van der Waals surface area contributed by atoms with Gasteiger partial charge in [-0.05, 0) is 65.2 Å². The quantitative estimate of drug-likeness (QED) is 0.177. The van der Waals surface area contributed by atoms with E-state index >= 15 is 0 Å². The van der Waals surface area contributed by atoms with Gasteiger partial charge in [-0.15, -0.1) is 0 Å². The molecule has 6 heteroatoms. The van der Waals surface area contributed by atoms with Crippen molar-refractivity contribution in [3.8, 4) is 68.2 Å². The van der Waals surface area contributed by atoms with Crippen LogP contribution in [0.4, 0.5) is 4.39 Å². The largest absolute Gasteiger partial charge is 0.309 e. The van der Waals surface area contributed by atoms with Crippen molar-refractivity contribution in [1.82, 2.24) is 19.5 Å². The summed E-state index contributed by atoms with van der Waals surface area (Å²) in [5, 5.41) is 11.5. The van der Waals surface area contributed by atoms with E-state index in [2.05, 4.69) is 59.2 Å². The number of hydrogen-bond donors (Lipinski definition) is 0. The van der Waals surface area contributed by atoms with E-state index in [1.165, 1.54) is 12.1 Å². The molecule has 5 nitrogen and oxygen atoms in total. The van der Waals surface area contributed by atoms with Crippen molar-refractivity contribution in [2.24, 2.45) is 0 Å². The van der Waals surface area contributed by atoms with Crippen LogP contribution in [0.25, 0.3) is 83.9 Å². The second-order valence-electron chi connectivity index (χ2n) is 12.6. The lowest BCUT2D eigenvalue weighted by atomic mass is 10.00. The average Bonchev–Trinajstić information content (AvgIpc) is 3.55. The van der Waals surface area contributed by atoms with Crippen LogP contribution in [0.15, 0.2) is 170 Å². The minimum absolute atomic E-state index is 0.291. The van der Waals surface area contributed by atoms with Crippen LogP contribution in [0.5, 0.6) is 0 Å². The maximum Gasteiger partial charge on any atom is 0.164 e. The molecule has 0 unspecified atom stereocenters. The normalized spacial score (nSPS) is 11.2. The monoisotopic (exact) mass is 669 g/mol. The second kappa shape index (κ2) is 12.9. The molecule has 9 aromatic rings. The van der Waals surface area contributed by atoms with E-state index in [1.54, 1.807) is 0 Å². The fourth-order valence-electron chi connectivity index (χ4n) is 6.82. The lowest BCUT2D eigenvalue weighted by molar-refractivity contribution is 0.628. The summed E-state index contributed by atoms with van der Waals surface area (Å²) < 4.78 is 16.5. The number of nitrogens with zero attached hydrogens (tertiary/aromatic N) is 5. The number of benzene rings is 7. The first kappa shape index (κ1) is 30.8. The third kappa shape index (κ3) is 5.57. The highest BCUT2D eigenvalue weighted by Gasteiger charge is 2.19. The summed E-state index contributed by atoms with van der Waals surface area (Å²) in [4.78, 5) is 14.9. The van der Waals surface area contributed by atoms with Crippen LogP contribution in [0.1, 0.15) is 5.56 Å². The van der Waals surface area contributed by atoms with E-state index in [4.69, 9.17) is 15.0 Å². The lowest BCUT2D eigenvalue weighted by Gasteiger charge is -2.16. The first-order valence-electron chi connectivity index (χ1n) is 16.9. The summed E-state index contributed by atoms with van der Waals surface area (Å²) in [5.74, 6) is 1.42. The van der Waals surface area contributed by atoms with Crippen LogP contribution in [-0.4, -0.2) is 19.5 Å². The van der Waals surface area contributed by atoms with Gasteiger partial charge in [0.15, 0.2) is 17.5 Å². The number of fused-ring (bicyclic) bond motifs is 3. The maximum atomic E-state index is 14.2. The van der Waals surface area contributed by atoms with Gasteiger partial charge in [-0.25, -0.2) is 19.3 Å². The van der Waals surface area contributed by atoms with Crippen molar-refractivity contribution < 1.29 is 4.39 Å². The molecule has 0 saturated heterocycles. The predicted octanol–water partition coefficient (Wildman–Crippen LogP) is 11.3. The van der Waals surface area contributed by atoms with Crippen LogP contribution in [0.3, 0.4) is 0 Å². The van der Waals surface area contributed by atoms with Gasteiger partial charge < -0.3 is 4.57 Å². The number of halogens is 1. The van der Waals surface area contributed by atoms with Crippen LogP contribution in [-0.2, 0) is 0 Å². The summed E-state index contributed by atoms with van der Waals surface area (Å²) >= 11 is 0. The van der Waals surface area contributed by atoms with E-state index in [9.17, 15) is 9.65 Å². The zero-order valence-corrected chi connectivity index (χ0v) is 27.8. The van der Waals surface area contributed by atoms with Gasteiger partial charge in [-0.2, -0.15) is 5.26 Å². The number of rotatable bonds is 6. The Bertz CT molecular complexity index is 2730. The summed E-state index contributed by atoms with van der Waals surface area (Å²) in [6.45, 7) is 0. The highest BCUT2D eigenvalue weighted by Crippen LogP contribution is 2.39. The second-order valence-corrected chi connectivity index (χ2v) is 12.6. The van der Waals surface area contributed by atoms with Crippen LogP contribution in [0, 0.1) is 17.1 Å². The first-order valence-corrected chi connectivity index (χ1v) is 16.9. The molecule has 0 atom stereocenters. The van der Waals surface area contributed by atoms with Gasteiger partial charge in [0, 0.05) is 33.0 Å². The fourth-order valence-corrected chi connectivity index (χ4v) is 6.82. The summed E-state index contributed by atoms with van der Waals surface area (Å²) in [7, 11) is 0. The third-order valence-corrected chi connectivity index (χ3v) is 9.37. The van der Waals surface area contributed by atoms with Crippen molar-refractivity contribution >= 4 is 21.8 Å². The van der Waals surface area contributed by atoms with Gasteiger partial charge in [-0.1, -0.05) is 121 Å². The Morgan fingerprint density at radius 3 is 1.63 bits per heavy atom. The molecule has 0 radical (unpaired) electrons. The van der Waals surface area contributed by atoms with Crippen LogP contribution in [0.2, 0.25) is 0 Å². The molecule has 0 spiro atoms. The zero-order chi connectivity index (χ0) is 35.0. The van der Waals surface area contributed by atoms with Gasteiger partial charge in [0.05, 0.1) is 28.4 Å². The topological polar surface area (TPSA) is 67.4 Å². The van der Waals surface area contributed by atoms with E-state index < -0.39 is 0 Å². The first-order chi connectivity index (χ1) is 25.6. The van der Waals surface area contributed by atoms with Crippen molar-refractivity contribution in [3.05, 3.63) is 181 Å². The Labute approximate surface area is 299 Å². The Kier molecular flexibility index (Phi) is 7.64. The van der Waals surface area contributed by atoms with Gasteiger partial charge in [0.25, 0.3) is 0 Å². The molecule has 2 aromatic heterocycles. The van der Waals surface area contributed by atoms with Gasteiger partial charge in [0.2, 0.25) is 0 Å². The van der Waals surface area contributed by atoms with Gasteiger partial charge in [0.1, 0.15) is 5.82 Å². The van der Waals surface area contributed by atoms with Crippen molar-refractivity contribution in [1.29, 1.82) is 5.26 Å². The molecule has 0 amide bonds. The summed E-state index contributed by atoms with van der Waals surface area (Å²) in [6.07, 6.45) is 0. The maximum absolute atomic E-state index is 14.2. The molecular weight excluding hydrogens is 642 g/mol. The highest BCUT2D eigenvalue weighted by atomic mass is 19.1. The number of aromatic nitrogens is 4. The fraction of sp³-hybridized carbons (Fsp3) is 0. The lowest BCUT2D eigenvalue weighted by Crippen LogP contribution is -2.02. The molecule has 7 aromatic carbocycles. The van der Waals surface area contributed by atoms with E-state index in [0.29, 0.717) is 23.0 Å². The molecule has 0 fully saturated rings. The molecular formula is C46H28FN5. The Morgan fingerprint density at radius 2 is 0.981 bits per heavy atom. The zero-order valence-electron chi connectivity index (χ0n) is 27.8. The molecule has 0 N–H and O–H groups in total. The van der Waals surface area contributed by atoms with Gasteiger partial charge >= 0.3 is 0 Å². The molecule has 2 heterocycles. The summed E-state index contributed by atoms with van der Waals surface area (Å²) in [6, 6.07) is 57.4. The number of nitriles is 1. The van der Waals surface area contributed by atoms with Crippen LogP contribution < -0.4 is 0 Å². The minimum atomic E-state index is -0.291. The molecule has 0 saturated carbocycles. The minimum Gasteiger partial charge on any atom is -0.309 e. The molecule has 52 heavy (non-hydrogen) atoms. The molecule has 9 rings (SSSR count). The van der Waals surface area contributed by atoms with E-state index in [-0.39, 0.29) is 5.82 Å². The molecule has 0 aliphatic heterocycles. The highest BCUT2D eigenvalue weighted by molar-refractivity contribution is 6.11. The van der Waals surface area contributed by atoms with Gasteiger partial charge in [-0.3, -0.25) is 0 Å². The molecule has 0 bridgehead atoms. The standard InChI is InChI=1S/C46H28FN5/c47-37-23-19-32(20-24-37)38-25-21-36(46-50-44(33-9-3-1-4-10-33)49-45(51-46)34-11-5-2-6-12-34)28-43(38)52-41-14-8-7-13-39(41)40-27-35(22-26-42(40)52)31-17-15-30(29-48)16-18-31/h1-28H. The molecule has 0 aliphatic rings.